The van der Waals surface area contributed by atoms with Gasteiger partial charge in [-0.3, -0.25) is 0 Å². The third-order valence-electron chi connectivity index (χ3n) is 4.45. The number of carbonyl (C=O) groups is 1. The Morgan fingerprint density at radius 1 is 1.35 bits per heavy atom. The van der Waals surface area contributed by atoms with E-state index in [2.05, 4.69) is 10.1 Å². The largest absolute Gasteiger partial charge is 0.457 e. The van der Waals surface area contributed by atoms with Crippen molar-refractivity contribution in [3.8, 4) is 0 Å². The number of esters is 1. The summed E-state index contributed by atoms with van der Waals surface area (Å²) in [6, 6.07) is 5.48. The van der Waals surface area contributed by atoms with Crippen LogP contribution in [0.15, 0.2) is 30.6 Å². The molecule has 26 heavy (non-hydrogen) atoms. The lowest BCUT2D eigenvalue weighted by molar-refractivity contribution is 0.0474. The molecule has 0 atom stereocenters. The number of halogens is 1. The summed E-state index contributed by atoms with van der Waals surface area (Å²) in [6.07, 6.45) is 5.52. The van der Waals surface area contributed by atoms with E-state index in [-0.39, 0.29) is 18.6 Å². The van der Waals surface area contributed by atoms with Crippen LogP contribution in [0.25, 0.3) is 11.0 Å². The topological polar surface area (TPSA) is 69.9 Å². The minimum Gasteiger partial charge on any atom is -0.457 e. The van der Waals surface area contributed by atoms with E-state index in [4.69, 9.17) is 21.3 Å². The molecular formula is C19H19ClN4O2. The second-order valence-corrected chi connectivity index (χ2v) is 7.24. The number of aromatic nitrogens is 4. The fourth-order valence-electron chi connectivity index (χ4n) is 2.89. The molecule has 1 aliphatic carbocycles. The molecule has 1 saturated carbocycles. The third kappa shape index (κ3) is 3.29. The zero-order chi connectivity index (χ0) is 18.3. The molecule has 0 N–H and O–H groups in total. The highest BCUT2D eigenvalue weighted by Gasteiger charge is 2.28. The fourth-order valence-corrected chi connectivity index (χ4v) is 3.00. The molecule has 0 amide bonds. The third-order valence-corrected chi connectivity index (χ3v) is 4.67. The lowest BCUT2D eigenvalue weighted by atomic mass is 10.1. The van der Waals surface area contributed by atoms with E-state index >= 15 is 0 Å². The van der Waals surface area contributed by atoms with E-state index < -0.39 is 0 Å². The highest BCUT2D eigenvalue weighted by Crippen LogP contribution is 2.40. The molecule has 3 aromatic rings. The molecule has 134 valence electrons. The summed E-state index contributed by atoms with van der Waals surface area (Å²) in [6.45, 7) is 4.23. The molecule has 7 heteroatoms. The van der Waals surface area contributed by atoms with E-state index in [1.165, 1.54) is 0 Å². The van der Waals surface area contributed by atoms with Crippen LogP contribution >= 0.6 is 11.6 Å². The lowest BCUT2D eigenvalue weighted by Crippen LogP contribution is -2.09. The van der Waals surface area contributed by atoms with Crippen molar-refractivity contribution < 1.29 is 9.53 Å². The first kappa shape index (κ1) is 17.0. The summed E-state index contributed by atoms with van der Waals surface area (Å²) in [5.74, 6) is 0.0551. The average Bonchev–Trinajstić information content (AvgIpc) is 3.39. The molecule has 3 aromatic heterocycles. The van der Waals surface area contributed by atoms with Gasteiger partial charge in [0.25, 0.3) is 0 Å². The Labute approximate surface area is 156 Å². The molecule has 0 bridgehead atoms. The van der Waals surface area contributed by atoms with Gasteiger partial charge in [0.2, 0.25) is 0 Å². The SMILES string of the molecule is CC(C)n1ncc2c(C(=O)OCc3ccc(Cl)nc3)cc(C3CC3)nc21. The summed E-state index contributed by atoms with van der Waals surface area (Å²) < 4.78 is 7.35. The van der Waals surface area contributed by atoms with Crippen LogP contribution in [0.2, 0.25) is 5.15 Å². The minimum atomic E-state index is -0.377. The van der Waals surface area contributed by atoms with Crippen molar-refractivity contribution in [3.05, 3.63) is 52.6 Å². The van der Waals surface area contributed by atoms with Crippen LogP contribution in [0, 0.1) is 0 Å². The first-order chi connectivity index (χ1) is 12.5. The Bertz CT molecular complexity index is 962. The minimum absolute atomic E-state index is 0.143. The molecule has 4 rings (SSSR count). The Balaban J connectivity index is 1.65. The summed E-state index contributed by atoms with van der Waals surface area (Å²) in [4.78, 5) is 21.5. The van der Waals surface area contributed by atoms with Crippen molar-refractivity contribution in [2.75, 3.05) is 0 Å². The van der Waals surface area contributed by atoms with E-state index in [1.807, 2.05) is 24.6 Å². The van der Waals surface area contributed by atoms with Crippen molar-refractivity contribution in [2.45, 2.75) is 45.3 Å². The molecule has 0 radical (unpaired) electrons. The number of nitrogens with zero attached hydrogens (tertiary/aromatic N) is 4. The molecule has 1 fully saturated rings. The van der Waals surface area contributed by atoms with Gasteiger partial charge in [0, 0.05) is 29.4 Å². The Morgan fingerprint density at radius 3 is 2.81 bits per heavy atom. The van der Waals surface area contributed by atoms with Gasteiger partial charge in [0.1, 0.15) is 11.8 Å². The molecule has 6 nitrogen and oxygen atoms in total. The fraction of sp³-hybridized carbons (Fsp3) is 0.368. The lowest BCUT2D eigenvalue weighted by Gasteiger charge is -2.10. The number of rotatable bonds is 5. The zero-order valence-corrected chi connectivity index (χ0v) is 15.4. The number of pyridine rings is 2. The number of ether oxygens (including phenoxy) is 1. The van der Waals surface area contributed by atoms with Gasteiger partial charge in [-0.15, -0.1) is 0 Å². The van der Waals surface area contributed by atoms with E-state index in [1.54, 1.807) is 24.5 Å². The van der Waals surface area contributed by atoms with Crippen LogP contribution < -0.4 is 0 Å². The molecule has 0 unspecified atom stereocenters. The van der Waals surface area contributed by atoms with Crippen LogP contribution in [0.4, 0.5) is 0 Å². The standard InChI is InChI=1S/C19H19ClN4O2/c1-11(2)24-18-15(9-22-24)14(7-16(23-18)13-4-5-13)19(25)26-10-12-3-6-17(20)21-8-12/h3,6-9,11,13H,4-5,10H2,1-2H3. The number of hydrogen-bond donors (Lipinski definition) is 0. The van der Waals surface area contributed by atoms with Crippen LogP contribution in [-0.2, 0) is 11.3 Å². The second-order valence-electron chi connectivity index (χ2n) is 6.85. The molecule has 0 saturated heterocycles. The van der Waals surface area contributed by atoms with E-state index in [9.17, 15) is 4.79 Å². The van der Waals surface area contributed by atoms with E-state index in [0.717, 1.165) is 35.1 Å². The van der Waals surface area contributed by atoms with Crippen molar-refractivity contribution in [1.29, 1.82) is 0 Å². The monoisotopic (exact) mass is 370 g/mol. The maximum absolute atomic E-state index is 12.7. The molecule has 0 aliphatic heterocycles. The summed E-state index contributed by atoms with van der Waals surface area (Å²) >= 11 is 5.78. The van der Waals surface area contributed by atoms with Gasteiger partial charge in [-0.05, 0) is 38.8 Å². The summed E-state index contributed by atoms with van der Waals surface area (Å²) in [5.41, 5.74) is 2.99. The van der Waals surface area contributed by atoms with Crippen LogP contribution in [-0.4, -0.2) is 25.7 Å². The van der Waals surface area contributed by atoms with Gasteiger partial charge in [-0.1, -0.05) is 17.7 Å². The second kappa shape index (κ2) is 6.68. The van der Waals surface area contributed by atoms with Gasteiger partial charge in [0.15, 0.2) is 5.65 Å². The van der Waals surface area contributed by atoms with Crippen molar-refractivity contribution in [2.24, 2.45) is 0 Å². The highest BCUT2D eigenvalue weighted by molar-refractivity contribution is 6.29. The highest BCUT2D eigenvalue weighted by atomic mass is 35.5. The van der Waals surface area contributed by atoms with Gasteiger partial charge in [0.05, 0.1) is 17.1 Å². The molecule has 0 spiro atoms. The van der Waals surface area contributed by atoms with Gasteiger partial charge >= 0.3 is 5.97 Å². The Hall–Kier alpha value is -2.47. The van der Waals surface area contributed by atoms with Gasteiger partial charge in [-0.25, -0.2) is 19.4 Å². The van der Waals surface area contributed by atoms with Crippen molar-refractivity contribution in [1.82, 2.24) is 19.7 Å². The molecular weight excluding hydrogens is 352 g/mol. The molecule has 0 aromatic carbocycles. The Kier molecular flexibility index (Phi) is 4.36. The van der Waals surface area contributed by atoms with Crippen LogP contribution in [0.1, 0.15) is 60.3 Å². The quantitative estimate of drug-likeness (QED) is 0.494. The number of carbonyl (C=O) groups excluding carboxylic acids is 1. The maximum atomic E-state index is 12.7. The molecule has 1 aliphatic rings. The normalized spacial score (nSPS) is 14.2. The Morgan fingerprint density at radius 2 is 2.15 bits per heavy atom. The number of hydrogen-bond acceptors (Lipinski definition) is 5. The first-order valence-electron chi connectivity index (χ1n) is 8.68. The van der Waals surface area contributed by atoms with Gasteiger partial charge in [-0.2, -0.15) is 5.10 Å². The smallest absolute Gasteiger partial charge is 0.339 e. The summed E-state index contributed by atoms with van der Waals surface area (Å²) in [5, 5.41) is 5.54. The average molecular weight is 371 g/mol. The molecule has 3 heterocycles. The predicted octanol–water partition coefficient (Wildman–Crippen LogP) is 4.30. The number of fused-ring (bicyclic) bond motifs is 1. The first-order valence-corrected chi connectivity index (χ1v) is 9.06. The van der Waals surface area contributed by atoms with E-state index in [0.29, 0.717) is 16.6 Å². The summed E-state index contributed by atoms with van der Waals surface area (Å²) in [7, 11) is 0. The van der Waals surface area contributed by atoms with Crippen molar-refractivity contribution >= 4 is 28.6 Å². The maximum Gasteiger partial charge on any atom is 0.339 e. The van der Waals surface area contributed by atoms with Crippen molar-refractivity contribution in [3.63, 3.8) is 0 Å². The zero-order valence-electron chi connectivity index (χ0n) is 14.6. The van der Waals surface area contributed by atoms with Crippen LogP contribution in [0.5, 0.6) is 0 Å². The predicted molar refractivity (Wildman–Crippen MR) is 98.3 cm³/mol. The van der Waals surface area contributed by atoms with Crippen LogP contribution in [0.3, 0.4) is 0 Å². The van der Waals surface area contributed by atoms with Gasteiger partial charge < -0.3 is 4.74 Å².